The number of ketones is 2. The number of hydrogen-bond donors (Lipinski definition) is 5. The fourth-order valence-corrected chi connectivity index (χ4v) is 9.18. The van der Waals surface area contributed by atoms with Crippen molar-refractivity contribution in [1.82, 2.24) is 0 Å². The minimum atomic E-state index is -1.52. The van der Waals surface area contributed by atoms with Gasteiger partial charge in [-0.1, -0.05) is 6.92 Å². The van der Waals surface area contributed by atoms with Gasteiger partial charge in [-0.2, -0.15) is 0 Å². The van der Waals surface area contributed by atoms with E-state index in [9.17, 15) is 39.9 Å². The van der Waals surface area contributed by atoms with Crippen molar-refractivity contribution in [3.63, 3.8) is 0 Å². The standard InChI is InChI=1S/C29H38O11/c1-27-9-8-18(40-26-24(35)22(33)17(30)12-39-26)21(32)16(27)5-4-15-20(27)23(34)25(36)28(2)14(7-10-29(15,28)37)13-3-6-19(31)38-11-13/h3,6,11,14-18,20,22-24,26,30,33-35,37H,4-5,7-10,12H2,1-2H3/t14-,15-,16-,17-,18+,20-,22+,23+,24-,26+,27+,28+,29+/m1/s1. The zero-order valence-corrected chi connectivity index (χ0v) is 22.6. The molecule has 1 aliphatic heterocycles. The number of ether oxygens (including phenoxy) is 2. The summed E-state index contributed by atoms with van der Waals surface area (Å²) in [4.78, 5) is 39.3. The number of rotatable bonds is 3. The Balaban J connectivity index is 1.27. The lowest BCUT2D eigenvalue weighted by atomic mass is 9.42. The van der Waals surface area contributed by atoms with Crippen LogP contribution in [0.3, 0.4) is 0 Å². The summed E-state index contributed by atoms with van der Waals surface area (Å²) < 4.78 is 16.2. The molecule has 220 valence electrons. The van der Waals surface area contributed by atoms with Gasteiger partial charge in [-0.3, -0.25) is 9.59 Å². The molecular weight excluding hydrogens is 524 g/mol. The molecule has 6 rings (SSSR count). The van der Waals surface area contributed by atoms with Crippen molar-refractivity contribution < 1.29 is 49.0 Å². The predicted molar refractivity (Wildman–Crippen MR) is 136 cm³/mol. The van der Waals surface area contributed by atoms with Crippen LogP contribution >= 0.6 is 0 Å². The van der Waals surface area contributed by atoms with E-state index in [4.69, 9.17) is 13.9 Å². The highest BCUT2D eigenvalue weighted by Gasteiger charge is 2.74. The van der Waals surface area contributed by atoms with Crippen LogP contribution in [-0.4, -0.2) is 86.1 Å². The van der Waals surface area contributed by atoms with Gasteiger partial charge in [0.25, 0.3) is 0 Å². The summed E-state index contributed by atoms with van der Waals surface area (Å²) in [7, 11) is 0. The Morgan fingerprint density at radius 3 is 2.38 bits per heavy atom. The lowest BCUT2D eigenvalue weighted by Crippen LogP contribution is -2.71. The van der Waals surface area contributed by atoms with E-state index in [-0.39, 0.29) is 18.8 Å². The van der Waals surface area contributed by atoms with Crippen LogP contribution in [0.4, 0.5) is 0 Å². The molecule has 5 N–H and O–H groups in total. The first kappa shape index (κ1) is 28.1. The molecular formula is C29H38O11. The molecule has 0 amide bonds. The van der Waals surface area contributed by atoms with Gasteiger partial charge >= 0.3 is 5.63 Å². The smallest absolute Gasteiger partial charge is 0.335 e. The third-order valence-electron chi connectivity index (χ3n) is 11.4. The lowest BCUT2D eigenvalue weighted by Gasteiger charge is -2.63. The van der Waals surface area contributed by atoms with E-state index >= 15 is 0 Å². The third kappa shape index (κ3) is 3.71. The minimum Gasteiger partial charge on any atom is -0.431 e. The number of Topliss-reactive ketones (excluding diaryl/α,β-unsaturated/α-hetero) is 2. The van der Waals surface area contributed by atoms with Crippen molar-refractivity contribution in [3.05, 3.63) is 34.4 Å². The van der Waals surface area contributed by atoms with Crippen LogP contribution in [0, 0.1) is 28.6 Å². The fraction of sp³-hybridized carbons (Fsp3) is 0.759. The molecule has 4 aliphatic carbocycles. The molecule has 1 aromatic rings. The summed E-state index contributed by atoms with van der Waals surface area (Å²) in [5, 5.41) is 54.0. The Bertz CT molecular complexity index is 1230. The summed E-state index contributed by atoms with van der Waals surface area (Å²) in [6.07, 6.45) is -4.06. The Morgan fingerprint density at radius 2 is 1.68 bits per heavy atom. The zero-order chi connectivity index (χ0) is 28.8. The number of carbonyl (C=O) groups is 2. The second kappa shape index (κ2) is 9.52. The van der Waals surface area contributed by atoms with Crippen LogP contribution in [0.2, 0.25) is 0 Å². The number of hydrogen-bond acceptors (Lipinski definition) is 11. The van der Waals surface area contributed by atoms with Gasteiger partial charge < -0.3 is 39.4 Å². The molecule has 1 aromatic heterocycles. The zero-order valence-electron chi connectivity index (χ0n) is 22.6. The first-order valence-corrected chi connectivity index (χ1v) is 14.2. The molecule has 4 saturated carbocycles. The summed E-state index contributed by atoms with van der Waals surface area (Å²) in [6.45, 7) is 3.38. The number of aliphatic hydroxyl groups is 5. The topological polar surface area (TPSA) is 184 Å². The SMILES string of the molecule is C[C@]12CC[C@H](O[C@@H]3OC[C@@H](O)[C@H](O)[C@H]3O)C(=O)[C@H]1CC[C@@H]1[C@@H]2[C@H](O)C(=O)[C@]2(C)[C@@H](c3ccc(=O)oc3)CC[C@]12O. The average Bonchev–Trinajstić information content (AvgIpc) is 3.21. The average molecular weight is 563 g/mol. The van der Waals surface area contributed by atoms with Crippen LogP contribution in [0.25, 0.3) is 0 Å². The van der Waals surface area contributed by atoms with Gasteiger partial charge in [0.2, 0.25) is 0 Å². The molecule has 11 nitrogen and oxygen atoms in total. The van der Waals surface area contributed by atoms with Gasteiger partial charge in [0, 0.05) is 23.8 Å². The van der Waals surface area contributed by atoms with Crippen LogP contribution in [0.15, 0.2) is 27.6 Å². The molecule has 0 unspecified atom stereocenters. The number of fused-ring (bicyclic) bond motifs is 5. The van der Waals surface area contributed by atoms with Crippen LogP contribution in [-0.2, 0) is 19.1 Å². The van der Waals surface area contributed by atoms with Crippen LogP contribution < -0.4 is 5.63 Å². The van der Waals surface area contributed by atoms with Crippen molar-refractivity contribution in [1.29, 1.82) is 0 Å². The molecule has 0 bridgehead atoms. The van der Waals surface area contributed by atoms with E-state index in [2.05, 4.69) is 0 Å². The summed E-state index contributed by atoms with van der Waals surface area (Å²) in [5.74, 6) is -2.70. The van der Waals surface area contributed by atoms with Crippen LogP contribution in [0.5, 0.6) is 0 Å². The molecule has 0 radical (unpaired) electrons. The highest BCUT2D eigenvalue weighted by atomic mass is 16.7. The first-order chi connectivity index (χ1) is 18.8. The molecule has 11 heteroatoms. The normalized spacial score (nSPS) is 50.7. The second-order valence-corrected chi connectivity index (χ2v) is 13.0. The number of aliphatic hydroxyl groups excluding tert-OH is 4. The van der Waals surface area contributed by atoms with Crippen molar-refractivity contribution >= 4 is 11.6 Å². The fourth-order valence-electron chi connectivity index (χ4n) is 9.18. The summed E-state index contributed by atoms with van der Waals surface area (Å²) in [5.41, 5.74) is -3.34. The van der Waals surface area contributed by atoms with Gasteiger partial charge in [-0.25, -0.2) is 4.79 Å². The maximum absolute atomic E-state index is 14.1. The molecule has 13 atom stereocenters. The van der Waals surface area contributed by atoms with E-state index in [1.165, 1.54) is 12.3 Å². The van der Waals surface area contributed by atoms with Crippen molar-refractivity contribution in [3.8, 4) is 0 Å². The molecule has 1 saturated heterocycles. The maximum Gasteiger partial charge on any atom is 0.335 e. The van der Waals surface area contributed by atoms with E-state index in [1.807, 2.05) is 6.92 Å². The molecule has 40 heavy (non-hydrogen) atoms. The van der Waals surface area contributed by atoms with Crippen LogP contribution in [0.1, 0.15) is 63.9 Å². The second-order valence-electron chi connectivity index (χ2n) is 13.0. The van der Waals surface area contributed by atoms with E-state index in [1.54, 1.807) is 13.0 Å². The largest absolute Gasteiger partial charge is 0.431 e. The first-order valence-electron chi connectivity index (χ1n) is 14.2. The summed E-state index contributed by atoms with van der Waals surface area (Å²) >= 11 is 0. The quantitative estimate of drug-likeness (QED) is 0.313. The molecule has 2 heterocycles. The monoisotopic (exact) mass is 562 g/mol. The highest BCUT2D eigenvalue weighted by Crippen LogP contribution is 2.69. The molecule has 0 spiro atoms. The van der Waals surface area contributed by atoms with Gasteiger partial charge in [0.05, 0.1) is 23.9 Å². The molecule has 0 aromatic carbocycles. The Kier molecular flexibility index (Phi) is 6.70. The molecule has 5 aliphatic rings. The minimum absolute atomic E-state index is 0.216. The van der Waals surface area contributed by atoms with E-state index in [0.717, 1.165) is 0 Å². The Hall–Kier alpha value is -1.99. The Morgan fingerprint density at radius 1 is 0.925 bits per heavy atom. The van der Waals surface area contributed by atoms with Crippen molar-refractivity contribution in [2.75, 3.05) is 6.61 Å². The van der Waals surface area contributed by atoms with Gasteiger partial charge in [0.1, 0.15) is 30.5 Å². The number of carbonyl (C=O) groups excluding carboxylic acids is 2. The van der Waals surface area contributed by atoms with Crippen molar-refractivity contribution in [2.45, 2.75) is 101 Å². The van der Waals surface area contributed by atoms with E-state index < -0.39 is 88.3 Å². The Labute approximate surface area is 231 Å². The third-order valence-corrected chi connectivity index (χ3v) is 11.4. The van der Waals surface area contributed by atoms with Crippen molar-refractivity contribution in [2.24, 2.45) is 28.6 Å². The predicted octanol–water partition coefficient (Wildman–Crippen LogP) is 0.0340. The van der Waals surface area contributed by atoms with Gasteiger partial charge in [-0.05, 0) is 68.4 Å². The van der Waals surface area contributed by atoms with Gasteiger partial charge in [0.15, 0.2) is 17.9 Å². The lowest BCUT2D eigenvalue weighted by molar-refractivity contribution is -0.285. The highest BCUT2D eigenvalue weighted by molar-refractivity contribution is 5.93. The molecule has 5 fully saturated rings. The van der Waals surface area contributed by atoms with E-state index in [0.29, 0.717) is 37.7 Å². The van der Waals surface area contributed by atoms with Gasteiger partial charge in [-0.15, -0.1) is 0 Å². The maximum atomic E-state index is 14.1. The summed E-state index contributed by atoms with van der Waals surface area (Å²) in [6, 6.07) is 2.91.